The molecule has 9 nitrogen and oxygen atoms in total. The van der Waals surface area contributed by atoms with Crippen molar-refractivity contribution >= 4 is 11.6 Å². The van der Waals surface area contributed by atoms with Crippen molar-refractivity contribution in [2.24, 2.45) is 11.8 Å². The molecular formula is C24H27F2N7O2. The number of hydrogen-bond donors (Lipinski definition) is 1. The summed E-state index contributed by atoms with van der Waals surface area (Å²) in [6.07, 6.45) is 5.16. The maximum Gasteiger partial charge on any atom is 0.242 e. The van der Waals surface area contributed by atoms with Crippen LogP contribution in [0.5, 0.6) is 11.6 Å². The number of aryl methyl sites for hydroxylation is 1. The molecule has 3 aromatic rings. The van der Waals surface area contributed by atoms with Crippen LogP contribution in [-0.4, -0.2) is 51.2 Å². The Hall–Kier alpha value is -3.50. The molecule has 2 fully saturated rings. The van der Waals surface area contributed by atoms with Gasteiger partial charge in [0, 0.05) is 37.8 Å². The van der Waals surface area contributed by atoms with Crippen LogP contribution in [0, 0.1) is 23.5 Å². The van der Waals surface area contributed by atoms with E-state index in [1.165, 1.54) is 12.1 Å². The molecule has 0 amide bonds. The molecule has 4 atom stereocenters. The third-order valence-electron chi connectivity index (χ3n) is 7.31. The third-order valence-corrected chi connectivity index (χ3v) is 7.31. The quantitative estimate of drug-likeness (QED) is 0.569. The zero-order valence-corrected chi connectivity index (χ0v) is 19.4. The zero-order chi connectivity index (χ0) is 23.9. The van der Waals surface area contributed by atoms with Gasteiger partial charge in [-0.15, -0.1) is 10.2 Å². The highest BCUT2D eigenvalue weighted by Crippen LogP contribution is 2.40. The second kappa shape index (κ2) is 8.94. The van der Waals surface area contributed by atoms with E-state index in [1.54, 1.807) is 13.3 Å². The molecule has 1 aromatic carbocycles. The summed E-state index contributed by atoms with van der Waals surface area (Å²) in [5.74, 6) is 1.34. The first kappa shape index (κ1) is 22.0. The van der Waals surface area contributed by atoms with E-state index in [0.29, 0.717) is 35.9 Å². The summed E-state index contributed by atoms with van der Waals surface area (Å²) < 4.78 is 40.4. The lowest BCUT2D eigenvalue weighted by Gasteiger charge is -2.39. The number of aromatic nitrogens is 5. The van der Waals surface area contributed by atoms with Gasteiger partial charge in [-0.1, -0.05) is 0 Å². The summed E-state index contributed by atoms with van der Waals surface area (Å²) in [4.78, 5) is 7.09. The minimum absolute atomic E-state index is 0.0232. The van der Waals surface area contributed by atoms with E-state index in [9.17, 15) is 8.78 Å². The van der Waals surface area contributed by atoms with Crippen molar-refractivity contribution in [2.45, 2.75) is 44.4 Å². The van der Waals surface area contributed by atoms with Crippen LogP contribution >= 0.6 is 0 Å². The van der Waals surface area contributed by atoms with Crippen molar-refractivity contribution < 1.29 is 18.3 Å². The van der Waals surface area contributed by atoms with Gasteiger partial charge in [0.25, 0.3) is 0 Å². The number of halogens is 2. The highest BCUT2D eigenvalue weighted by molar-refractivity contribution is 5.48. The van der Waals surface area contributed by atoms with E-state index in [0.717, 1.165) is 50.7 Å². The molecular weight excluding hydrogens is 456 g/mol. The highest BCUT2D eigenvalue weighted by Gasteiger charge is 2.43. The Bertz CT molecular complexity index is 1210. The fourth-order valence-electron chi connectivity index (χ4n) is 5.64. The topological polar surface area (TPSA) is 90.2 Å². The Balaban J connectivity index is 1.16. The number of ether oxygens (including phenoxy) is 2. The minimum atomic E-state index is -0.717. The third kappa shape index (κ3) is 4.23. The van der Waals surface area contributed by atoms with Crippen molar-refractivity contribution in [3.8, 4) is 11.6 Å². The number of nitrogens with one attached hydrogen (secondary N) is 1. The fourth-order valence-corrected chi connectivity index (χ4v) is 5.64. The number of rotatable bonds is 6. The number of piperidine rings is 1. The van der Waals surface area contributed by atoms with E-state index in [1.807, 2.05) is 10.7 Å². The number of benzene rings is 1. The number of methoxy groups -OCH3 is 1. The van der Waals surface area contributed by atoms with Crippen molar-refractivity contribution in [1.29, 1.82) is 0 Å². The number of hydrogen-bond acceptors (Lipinski definition) is 8. The van der Waals surface area contributed by atoms with Crippen LogP contribution in [-0.2, 0) is 6.54 Å². The highest BCUT2D eigenvalue weighted by atomic mass is 19.1. The Kier molecular flexibility index (Phi) is 5.62. The van der Waals surface area contributed by atoms with Crippen LogP contribution in [0.4, 0.5) is 20.4 Å². The molecule has 3 aliphatic rings. The maximum absolute atomic E-state index is 14.1. The van der Waals surface area contributed by atoms with Gasteiger partial charge in [0.2, 0.25) is 11.8 Å². The predicted molar refractivity (Wildman–Crippen MR) is 123 cm³/mol. The summed E-state index contributed by atoms with van der Waals surface area (Å²) in [7, 11) is 1.59. The molecule has 1 aliphatic carbocycles. The largest absolute Gasteiger partial charge is 0.480 e. The van der Waals surface area contributed by atoms with Gasteiger partial charge in [0.05, 0.1) is 19.0 Å². The van der Waals surface area contributed by atoms with Gasteiger partial charge < -0.3 is 19.7 Å². The number of nitrogens with zero attached hydrogens (tertiary/aromatic N) is 6. The van der Waals surface area contributed by atoms with Crippen LogP contribution < -0.4 is 19.7 Å². The smallest absolute Gasteiger partial charge is 0.242 e. The van der Waals surface area contributed by atoms with Gasteiger partial charge >= 0.3 is 0 Å². The summed E-state index contributed by atoms with van der Waals surface area (Å²) in [5.41, 5.74) is 1.02. The predicted octanol–water partition coefficient (Wildman–Crippen LogP) is 3.60. The van der Waals surface area contributed by atoms with Crippen molar-refractivity contribution in [3.05, 3.63) is 47.9 Å². The molecule has 4 heterocycles. The maximum atomic E-state index is 14.1. The molecule has 0 spiro atoms. The summed E-state index contributed by atoms with van der Waals surface area (Å²) >= 11 is 0. The molecule has 1 saturated carbocycles. The van der Waals surface area contributed by atoms with Crippen molar-refractivity contribution in [1.82, 2.24) is 25.0 Å². The molecule has 11 heteroatoms. The Morgan fingerprint density at radius 3 is 2.69 bits per heavy atom. The van der Waals surface area contributed by atoms with Crippen LogP contribution in [0.15, 0.2) is 30.5 Å². The Morgan fingerprint density at radius 2 is 1.91 bits per heavy atom. The first-order valence-electron chi connectivity index (χ1n) is 12.0. The van der Waals surface area contributed by atoms with E-state index in [-0.39, 0.29) is 11.8 Å². The van der Waals surface area contributed by atoms with E-state index in [4.69, 9.17) is 14.5 Å². The molecule has 35 heavy (non-hydrogen) atoms. The minimum Gasteiger partial charge on any atom is -0.480 e. The molecule has 2 aromatic heterocycles. The van der Waals surface area contributed by atoms with Crippen molar-refractivity contribution in [2.75, 3.05) is 30.4 Å². The average molecular weight is 484 g/mol. The van der Waals surface area contributed by atoms with Gasteiger partial charge in [-0.25, -0.2) is 13.5 Å². The van der Waals surface area contributed by atoms with Crippen LogP contribution in [0.2, 0.25) is 0 Å². The number of fused-ring (bicyclic) bond motifs is 3. The standard InChI is InChI=1S/C24H27F2N7O2/c1-34-21-10-17(11-27-30-21)32-12-14-4-5-15(13-32)22(14)28-24-29-23-20(3-2-8-33(23)31-24)35-19-7-6-16(25)9-18(19)26/h6-7,9-11,14-15,20,22H,2-5,8,12-13H2,1H3,(H,28,31)/t14-,15+,20-,22-/m0/s1. The molecule has 6 rings (SSSR count). The second-order valence-corrected chi connectivity index (χ2v) is 9.47. The first-order chi connectivity index (χ1) is 17.1. The van der Waals surface area contributed by atoms with E-state index in [2.05, 4.69) is 25.5 Å². The molecule has 1 saturated heterocycles. The molecule has 2 aliphatic heterocycles. The monoisotopic (exact) mass is 483 g/mol. The molecule has 0 unspecified atom stereocenters. The lowest BCUT2D eigenvalue weighted by molar-refractivity contribution is 0.149. The summed E-state index contributed by atoms with van der Waals surface area (Å²) in [6.45, 7) is 2.55. The second-order valence-electron chi connectivity index (χ2n) is 9.47. The lowest BCUT2D eigenvalue weighted by Crippen LogP contribution is -2.48. The molecule has 184 valence electrons. The SMILES string of the molecule is COc1cc(N2C[C@H]3CC[C@@H](C2)[C@@H]3Nc2nc3n(n2)CCC[C@@H]3Oc2ccc(F)cc2F)cnn1. The van der Waals surface area contributed by atoms with Gasteiger partial charge in [-0.3, -0.25) is 0 Å². The molecule has 2 bridgehead atoms. The lowest BCUT2D eigenvalue weighted by atomic mass is 9.92. The molecule has 0 radical (unpaired) electrons. The van der Waals surface area contributed by atoms with E-state index >= 15 is 0 Å². The Labute approximate surface area is 201 Å². The normalized spacial score (nSPS) is 25.3. The summed E-state index contributed by atoms with van der Waals surface area (Å²) in [5, 5.41) is 16.3. The van der Waals surface area contributed by atoms with Crippen LogP contribution in [0.3, 0.4) is 0 Å². The van der Waals surface area contributed by atoms with E-state index < -0.39 is 17.7 Å². The fraction of sp³-hybridized carbons (Fsp3) is 0.500. The number of anilines is 2. The van der Waals surface area contributed by atoms with Gasteiger partial charge in [-0.2, -0.15) is 10.1 Å². The Morgan fingerprint density at radius 1 is 1.09 bits per heavy atom. The van der Waals surface area contributed by atoms with Gasteiger partial charge in [0.1, 0.15) is 5.82 Å². The summed E-state index contributed by atoms with van der Waals surface area (Å²) in [6, 6.07) is 5.55. The average Bonchev–Trinajstić information content (AvgIpc) is 3.37. The van der Waals surface area contributed by atoms with Gasteiger partial charge in [-0.05, 0) is 49.7 Å². The van der Waals surface area contributed by atoms with Crippen LogP contribution in [0.25, 0.3) is 0 Å². The van der Waals surface area contributed by atoms with Gasteiger partial charge in [0.15, 0.2) is 23.5 Å². The van der Waals surface area contributed by atoms with Crippen molar-refractivity contribution in [3.63, 3.8) is 0 Å². The zero-order valence-electron chi connectivity index (χ0n) is 19.4. The van der Waals surface area contributed by atoms with Crippen LogP contribution in [0.1, 0.15) is 37.6 Å². The first-order valence-corrected chi connectivity index (χ1v) is 12.0. The molecule has 1 N–H and O–H groups in total.